The fraction of sp³-hybridized carbons (Fsp3) is 0.222. The first kappa shape index (κ1) is 12.2. The highest BCUT2D eigenvalue weighted by Crippen LogP contribution is 1.88. The van der Waals surface area contributed by atoms with E-state index in [1.165, 1.54) is 0 Å². The van der Waals surface area contributed by atoms with Gasteiger partial charge in [-0.2, -0.15) is 3.21 Å². The number of rotatable bonds is 4. The van der Waals surface area contributed by atoms with E-state index in [9.17, 15) is 0 Å². The summed E-state index contributed by atoms with van der Waals surface area (Å²) in [6.07, 6.45) is 9.37. The quantitative estimate of drug-likeness (QED) is 0.361. The molecule has 0 aromatic heterocycles. The first-order chi connectivity index (χ1) is 6.20. The molecule has 0 amide bonds. The van der Waals surface area contributed by atoms with Gasteiger partial charge in [0.1, 0.15) is 5.84 Å². The van der Waals surface area contributed by atoms with E-state index >= 15 is 0 Å². The van der Waals surface area contributed by atoms with Crippen LogP contribution < -0.4 is 11.1 Å². The Kier molecular flexibility index (Phi) is 7.38. The highest BCUT2D eigenvalue weighted by molar-refractivity contribution is 14.1. The average Bonchev–Trinajstić information content (AvgIpc) is 2.14. The molecule has 0 aromatic rings. The van der Waals surface area contributed by atoms with E-state index in [0.717, 1.165) is 5.70 Å². The molecular weight excluding hydrogens is 277 g/mol. The fourth-order valence-electron chi connectivity index (χ4n) is 0.575. The van der Waals surface area contributed by atoms with Crippen LogP contribution in [0.3, 0.4) is 0 Å². The molecular formula is C9H14IN3. The van der Waals surface area contributed by atoms with Crippen molar-refractivity contribution in [2.24, 2.45) is 8.94 Å². The summed E-state index contributed by atoms with van der Waals surface area (Å²) in [5.41, 5.74) is 6.49. The highest BCUT2D eigenvalue weighted by Gasteiger charge is 1.81. The summed E-state index contributed by atoms with van der Waals surface area (Å²) in [4.78, 5) is 0. The third kappa shape index (κ3) is 7.58. The van der Waals surface area contributed by atoms with Crippen molar-refractivity contribution in [1.29, 1.82) is 0 Å². The molecule has 0 radical (unpaired) electrons. The topological polar surface area (TPSA) is 50.4 Å². The molecule has 0 rings (SSSR count). The summed E-state index contributed by atoms with van der Waals surface area (Å²) in [5.74, 6) is 0.493. The van der Waals surface area contributed by atoms with Gasteiger partial charge in [0.25, 0.3) is 0 Å². The number of amidine groups is 1. The molecule has 0 fully saturated rings. The van der Waals surface area contributed by atoms with E-state index < -0.39 is 0 Å². The Morgan fingerprint density at radius 3 is 2.77 bits per heavy atom. The van der Waals surface area contributed by atoms with Gasteiger partial charge >= 0.3 is 0 Å². The van der Waals surface area contributed by atoms with Gasteiger partial charge in [-0.25, -0.2) is 0 Å². The molecule has 0 spiro atoms. The molecule has 3 N–H and O–H groups in total. The van der Waals surface area contributed by atoms with Gasteiger partial charge in [-0.05, 0) is 26.0 Å². The third-order valence-corrected chi connectivity index (χ3v) is 1.76. The lowest BCUT2D eigenvalue weighted by Crippen LogP contribution is -2.08. The van der Waals surface area contributed by atoms with Gasteiger partial charge in [-0.3, -0.25) is 0 Å². The predicted octanol–water partition coefficient (Wildman–Crippen LogP) is 2.28. The number of nitrogens with zero attached hydrogens (tertiary/aromatic N) is 1. The molecule has 0 heterocycles. The second-order valence-electron chi connectivity index (χ2n) is 2.36. The number of hydrogen-bond acceptors (Lipinski definition) is 2. The molecule has 4 heteroatoms. The summed E-state index contributed by atoms with van der Waals surface area (Å²) in [6.45, 7) is 3.95. The van der Waals surface area contributed by atoms with E-state index in [-0.39, 0.29) is 0 Å². The first-order valence-corrected chi connectivity index (χ1v) is 4.84. The minimum Gasteiger partial charge on any atom is -0.383 e. The molecule has 0 atom stereocenters. The number of halogens is 1. The van der Waals surface area contributed by atoms with E-state index in [4.69, 9.17) is 5.73 Å². The van der Waals surface area contributed by atoms with E-state index in [1.54, 1.807) is 12.3 Å². The normalized spacial score (nSPS) is 14.4. The van der Waals surface area contributed by atoms with Crippen molar-refractivity contribution in [3.05, 3.63) is 36.2 Å². The molecule has 0 bridgehead atoms. The summed E-state index contributed by atoms with van der Waals surface area (Å²) in [7, 11) is 0. The van der Waals surface area contributed by atoms with Crippen LogP contribution in [0, 0.1) is 0 Å². The molecule has 0 aliphatic carbocycles. The van der Waals surface area contributed by atoms with E-state index in [0.29, 0.717) is 5.84 Å². The summed E-state index contributed by atoms with van der Waals surface area (Å²) < 4.78 is 3.75. The van der Waals surface area contributed by atoms with Gasteiger partial charge in [-0.1, -0.05) is 12.2 Å². The monoisotopic (exact) mass is 291 g/mol. The molecule has 72 valence electrons. The number of hydrogen-bond donors (Lipinski definition) is 2. The Balaban J connectivity index is 3.95. The van der Waals surface area contributed by atoms with Crippen LogP contribution in [-0.4, -0.2) is 5.84 Å². The van der Waals surface area contributed by atoms with Crippen LogP contribution in [-0.2, 0) is 0 Å². The minimum absolute atomic E-state index is 0.493. The molecule has 0 aliphatic heterocycles. The summed E-state index contributed by atoms with van der Waals surface area (Å²) in [6, 6.07) is 0. The maximum Gasteiger partial charge on any atom is 0.131 e. The highest BCUT2D eigenvalue weighted by atomic mass is 127. The Bertz CT molecular complexity index is 252. The van der Waals surface area contributed by atoms with E-state index in [1.807, 2.05) is 54.9 Å². The van der Waals surface area contributed by atoms with Gasteiger partial charge in [0.05, 0.1) is 22.9 Å². The van der Waals surface area contributed by atoms with Crippen molar-refractivity contribution >= 4 is 28.7 Å². The SMILES string of the molecule is C/C=C\C=C(/C)N/C=C\C(N)=NI. The Hall–Kier alpha value is -0.780. The van der Waals surface area contributed by atoms with Crippen LogP contribution in [0.15, 0.2) is 39.4 Å². The number of allylic oxidation sites excluding steroid dienone is 4. The Morgan fingerprint density at radius 2 is 2.23 bits per heavy atom. The van der Waals surface area contributed by atoms with Crippen LogP contribution in [0.25, 0.3) is 0 Å². The average molecular weight is 291 g/mol. The van der Waals surface area contributed by atoms with Crippen molar-refractivity contribution in [2.75, 3.05) is 0 Å². The Labute approximate surface area is 93.0 Å². The molecule has 0 saturated carbocycles. The Morgan fingerprint density at radius 1 is 1.54 bits per heavy atom. The second kappa shape index (κ2) is 7.85. The number of nitrogens with two attached hydrogens (primary N) is 1. The molecule has 0 aliphatic rings. The van der Waals surface area contributed by atoms with Crippen LogP contribution in [0.5, 0.6) is 0 Å². The number of nitrogens with one attached hydrogen (secondary N) is 1. The van der Waals surface area contributed by atoms with Crippen molar-refractivity contribution in [2.45, 2.75) is 13.8 Å². The zero-order valence-corrected chi connectivity index (χ0v) is 9.95. The molecule has 13 heavy (non-hydrogen) atoms. The van der Waals surface area contributed by atoms with Gasteiger partial charge in [-0.15, -0.1) is 0 Å². The first-order valence-electron chi connectivity index (χ1n) is 3.87. The van der Waals surface area contributed by atoms with Crippen molar-refractivity contribution in [1.82, 2.24) is 5.32 Å². The lowest BCUT2D eigenvalue weighted by atomic mass is 10.4. The smallest absolute Gasteiger partial charge is 0.131 e. The van der Waals surface area contributed by atoms with Crippen molar-refractivity contribution in [3.63, 3.8) is 0 Å². The zero-order chi connectivity index (χ0) is 10.1. The molecule has 3 nitrogen and oxygen atoms in total. The maximum absolute atomic E-state index is 5.44. The van der Waals surface area contributed by atoms with Crippen molar-refractivity contribution in [3.8, 4) is 0 Å². The zero-order valence-electron chi connectivity index (χ0n) is 7.79. The standard InChI is InChI=1S/C9H14IN3/c1-3-4-5-8(2)12-7-6-9(11)13-10/h3-7,12H,1-2H3,(H2,11,13)/b4-3-,7-6-,8-5+. The minimum atomic E-state index is 0.493. The van der Waals surface area contributed by atoms with Gasteiger partial charge in [0.15, 0.2) is 0 Å². The third-order valence-electron chi connectivity index (χ3n) is 1.20. The van der Waals surface area contributed by atoms with Crippen molar-refractivity contribution < 1.29 is 0 Å². The lowest BCUT2D eigenvalue weighted by Gasteiger charge is -1.97. The van der Waals surface area contributed by atoms with Gasteiger partial charge in [0.2, 0.25) is 0 Å². The van der Waals surface area contributed by atoms with Crippen LogP contribution in [0.2, 0.25) is 0 Å². The maximum atomic E-state index is 5.44. The van der Waals surface area contributed by atoms with Crippen LogP contribution in [0.1, 0.15) is 13.8 Å². The second-order valence-corrected chi connectivity index (χ2v) is 2.84. The molecule has 0 unspecified atom stereocenters. The fourth-order valence-corrected chi connectivity index (χ4v) is 0.736. The predicted molar refractivity (Wildman–Crippen MR) is 66.5 cm³/mol. The molecule has 0 saturated heterocycles. The van der Waals surface area contributed by atoms with E-state index in [2.05, 4.69) is 8.52 Å². The molecule has 0 aromatic carbocycles. The van der Waals surface area contributed by atoms with Gasteiger partial charge in [0, 0.05) is 11.9 Å². The van der Waals surface area contributed by atoms with Crippen LogP contribution >= 0.6 is 22.9 Å². The largest absolute Gasteiger partial charge is 0.383 e. The van der Waals surface area contributed by atoms with Crippen LogP contribution in [0.4, 0.5) is 0 Å². The van der Waals surface area contributed by atoms with Gasteiger partial charge < -0.3 is 11.1 Å². The summed E-state index contributed by atoms with van der Waals surface area (Å²) in [5, 5.41) is 3.05. The summed E-state index contributed by atoms with van der Waals surface area (Å²) >= 11 is 1.85. The lowest BCUT2D eigenvalue weighted by molar-refractivity contribution is 1.06.